The molecule has 2 unspecified atom stereocenters. The third kappa shape index (κ3) is 4.24. The number of nitrogens with zero attached hydrogens (tertiary/aromatic N) is 3. The first-order valence-corrected chi connectivity index (χ1v) is 10.5. The van der Waals surface area contributed by atoms with E-state index in [1.807, 2.05) is 6.92 Å². The van der Waals surface area contributed by atoms with Crippen LogP contribution in [0.15, 0.2) is 35.2 Å². The lowest BCUT2D eigenvalue weighted by Gasteiger charge is -2.25. The van der Waals surface area contributed by atoms with Crippen molar-refractivity contribution in [2.45, 2.75) is 37.6 Å². The van der Waals surface area contributed by atoms with Crippen molar-refractivity contribution in [1.29, 1.82) is 0 Å². The standard InChI is InChI=1S/C18H19ClFN5O3S/c1-9-4-6-13(20)16(10(9)2)11(3)17(18-21-24-25-22-18)23-29(27,28)15-7-5-12(19)8-14(15)26/h4-8,11,17,23,26H,1-3H3,(H,21,22,24,25). The van der Waals surface area contributed by atoms with Crippen LogP contribution in [0.3, 0.4) is 0 Å². The van der Waals surface area contributed by atoms with Gasteiger partial charge in [0.05, 0.1) is 6.04 Å². The van der Waals surface area contributed by atoms with Crippen LogP contribution < -0.4 is 4.72 Å². The van der Waals surface area contributed by atoms with Gasteiger partial charge in [0.25, 0.3) is 0 Å². The van der Waals surface area contributed by atoms with Crippen LogP contribution in [0, 0.1) is 19.7 Å². The molecule has 0 saturated heterocycles. The molecule has 0 spiro atoms. The predicted molar refractivity (Wildman–Crippen MR) is 105 cm³/mol. The van der Waals surface area contributed by atoms with Crippen molar-refractivity contribution in [1.82, 2.24) is 25.3 Å². The highest BCUT2D eigenvalue weighted by molar-refractivity contribution is 7.89. The van der Waals surface area contributed by atoms with E-state index in [1.54, 1.807) is 19.9 Å². The van der Waals surface area contributed by atoms with Crippen LogP contribution in [-0.2, 0) is 10.0 Å². The topological polar surface area (TPSA) is 121 Å². The smallest absolute Gasteiger partial charge is 0.244 e. The normalized spacial score (nSPS) is 14.0. The summed E-state index contributed by atoms with van der Waals surface area (Å²) in [5.41, 5.74) is 1.89. The third-order valence-electron chi connectivity index (χ3n) is 4.82. The third-order valence-corrected chi connectivity index (χ3v) is 6.54. The summed E-state index contributed by atoms with van der Waals surface area (Å²) in [6.45, 7) is 5.26. The van der Waals surface area contributed by atoms with Crippen LogP contribution in [0.4, 0.5) is 4.39 Å². The van der Waals surface area contributed by atoms with Crippen LogP contribution in [0.5, 0.6) is 5.75 Å². The summed E-state index contributed by atoms with van der Waals surface area (Å²) in [5.74, 6) is -1.63. The van der Waals surface area contributed by atoms with Gasteiger partial charge in [-0.15, -0.1) is 10.2 Å². The van der Waals surface area contributed by atoms with E-state index in [1.165, 1.54) is 18.2 Å². The van der Waals surface area contributed by atoms with Crippen molar-refractivity contribution >= 4 is 21.6 Å². The second-order valence-electron chi connectivity index (χ2n) is 6.67. The molecule has 29 heavy (non-hydrogen) atoms. The van der Waals surface area contributed by atoms with Gasteiger partial charge in [-0.05, 0) is 54.8 Å². The van der Waals surface area contributed by atoms with Crippen LogP contribution in [-0.4, -0.2) is 34.1 Å². The molecule has 0 aliphatic rings. The first-order valence-electron chi connectivity index (χ1n) is 8.61. The fourth-order valence-electron chi connectivity index (χ4n) is 3.16. The Labute approximate surface area is 172 Å². The summed E-state index contributed by atoms with van der Waals surface area (Å²) in [7, 11) is -4.22. The van der Waals surface area contributed by atoms with Crippen molar-refractivity contribution < 1.29 is 17.9 Å². The molecule has 3 rings (SSSR count). The highest BCUT2D eigenvalue weighted by Crippen LogP contribution is 2.35. The quantitative estimate of drug-likeness (QED) is 0.542. The summed E-state index contributed by atoms with van der Waals surface area (Å²) in [6, 6.07) is 5.57. The number of rotatable bonds is 6. The van der Waals surface area contributed by atoms with E-state index in [4.69, 9.17) is 11.6 Å². The number of H-pyrrole nitrogens is 1. The van der Waals surface area contributed by atoms with E-state index >= 15 is 0 Å². The number of phenols is 1. The number of aryl methyl sites for hydroxylation is 1. The van der Waals surface area contributed by atoms with Crippen LogP contribution in [0.25, 0.3) is 0 Å². The van der Waals surface area contributed by atoms with Gasteiger partial charge in [-0.25, -0.2) is 12.8 Å². The lowest BCUT2D eigenvalue weighted by molar-refractivity contribution is 0.451. The first-order chi connectivity index (χ1) is 13.6. The maximum absolute atomic E-state index is 14.7. The van der Waals surface area contributed by atoms with Gasteiger partial charge in [-0.3, -0.25) is 0 Å². The monoisotopic (exact) mass is 439 g/mol. The molecule has 0 saturated carbocycles. The molecule has 3 N–H and O–H groups in total. The Hall–Kier alpha value is -2.56. The molecule has 0 radical (unpaired) electrons. The molecule has 2 atom stereocenters. The van der Waals surface area contributed by atoms with Gasteiger partial charge >= 0.3 is 0 Å². The number of tetrazole rings is 1. The van der Waals surface area contributed by atoms with Gasteiger partial charge in [0.15, 0.2) is 5.82 Å². The maximum Gasteiger partial charge on any atom is 0.244 e. The molecule has 1 aromatic heterocycles. The summed E-state index contributed by atoms with van der Waals surface area (Å²) < 4.78 is 43.0. The first kappa shape index (κ1) is 21.2. The molecule has 2 aromatic carbocycles. The van der Waals surface area contributed by atoms with Gasteiger partial charge in [0.1, 0.15) is 16.5 Å². The highest BCUT2D eigenvalue weighted by atomic mass is 35.5. The zero-order valence-electron chi connectivity index (χ0n) is 15.8. The lowest BCUT2D eigenvalue weighted by atomic mass is 9.88. The zero-order valence-corrected chi connectivity index (χ0v) is 17.4. The Morgan fingerprint density at radius 3 is 2.59 bits per heavy atom. The number of aromatic hydroxyl groups is 1. The minimum absolute atomic E-state index is 0.0369. The van der Waals surface area contributed by atoms with E-state index in [2.05, 4.69) is 25.3 Å². The van der Waals surface area contributed by atoms with Crippen molar-refractivity contribution in [2.75, 3.05) is 0 Å². The van der Waals surface area contributed by atoms with E-state index in [0.717, 1.165) is 11.6 Å². The number of phenolic OH excluding ortho intramolecular Hbond substituents is 1. The van der Waals surface area contributed by atoms with E-state index in [-0.39, 0.29) is 15.7 Å². The van der Waals surface area contributed by atoms with E-state index in [0.29, 0.717) is 11.1 Å². The molecule has 0 bridgehead atoms. The number of aromatic nitrogens is 4. The van der Waals surface area contributed by atoms with Crippen molar-refractivity contribution in [3.8, 4) is 5.75 Å². The number of sulfonamides is 1. The van der Waals surface area contributed by atoms with Gasteiger partial charge in [-0.2, -0.15) is 9.94 Å². The fraction of sp³-hybridized carbons (Fsp3) is 0.278. The predicted octanol–water partition coefficient (Wildman–Crippen LogP) is 3.14. The molecule has 3 aromatic rings. The van der Waals surface area contributed by atoms with Crippen LogP contribution in [0.1, 0.15) is 41.4 Å². The SMILES string of the molecule is Cc1ccc(F)c(C(C)C(NS(=O)(=O)c2ccc(Cl)cc2O)c2nn[nH]n2)c1C. The average Bonchev–Trinajstić information content (AvgIpc) is 3.17. The molecule has 0 fully saturated rings. The minimum atomic E-state index is -4.22. The fourth-order valence-corrected chi connectivity index (χ4v) is 4.68. The molecule has 8 nitrogen and oxygen atoms in total. The van der Waals surface area contributed by atoms with Crippen molar-refractivity contribution in [2.24, 2.45) is 0 Å². The summed E-state index contributed by atoms with van der Waals surface area (Å²) >= 11 is 5.78. The highest BCUT2D eigenvalue weighted by Gasteiger charge is 2.33. The van der Waals surface area contributed by atoms with Crippen molar-refractivity contribution in [3.05, 3.63) is 63.7 Å². The Morgan fingerprint density at radius 2 is 1.97 bits per heavy atom. The van der Waals surface area contributed by atoms with Crippen LogP contribution >= 0.6 is 11.6 Å². The molecule has 11 heteroatoms. The van der Waals surface area contributed by atoms with Gasteiger partial charge in [0.2, 0.25) is 10.0 Å². The largest absolute Gasteiger partial charge is 0.506 e. The number of halogens is 2. The summed E-state index contributed by atoms with van der Waals surface area (Å²) in [4.78, 5) is -0.371. The minimum Gasteiger partial charge on any atom is -0.506 e. The van der Waals surface area contributed by atoms with Crippen LogP contribution in [0.2, 0.25) is 5.02 Å². The number of hydrogen-bond donors (Lipinski definition) is 3. The zero-order chi connectivity index (χ0) is 21.3. The van der Waals surface area contributed by atoms with Crippen molar-refractivity contribution in [3.63, 3.8) is 0 Å². The summed E-state index contributed by atoms with van der Waals surface area (Å²) in [6.07, 6.45) is 0. The molecule has 1 heterocycles. The van der Waals surface area contributed by atoms with Gasteiger partial charge in [0, 0.05) is 10.9 Å². The summed E-state index contributed by atoms with van der Waals surface area (Å²) in [5, 5.41) is 23.7. The Morgan fingerprint density at radius 1 is 1.24 bits per heavy atom. The second-order valence-corrected chi connectivity index (χ2v) is 8.79. The Kier molecular flexibility index (Phi) is 5.87. The number of hydrogen-bond acceptors (Lipinski definition) is 6. The molecule has 154 valence electrons. The molecule has 0 aliphatic heterocycles. The molecule has 0 aliphatic carbocycles. The number of nitrogens with one attached hydrogen (secondary N) is 2. The van der Waals surface area contributed by atoms with Gasteiger partial charge in [-0.1, -0.05) is 29.8 Å². The Balaban J connectivity index is 2.07. The molecular formula is C18H19ClFN5O3S. The number of benzene rings is 2. The maximum atomic E-state index is 14.7. The van der Waals surface area contributed by atoms with E-state index in [9.17, 15) is 17.9 Å². The average molecular weight is 440 g/mol. The molecule has 0 amide bonds. The lowest BCUT2D eigenvalue weighted by Crippen LogP contribution is -2.33. The Bertz CT molecular complexity index is 1140. The number of aromatic amines is 1. The second kappa shape index (κ2) is 8.05. The molecular weight excluding hydrogens is 421 g/mol. The van der Waals surface area contributed by atoms with Gasteiger partial charge < -0.3 is 5.11 Å². The van der Waals surface area contributed by atoms with E-state index < -0.39 is 33.5 Å².